The molecule has 29 heavy (non-hydrogen) atoms. The molecule has 0 aliphatic carbocycles. The van der Waals surface area contributed by atoms with Gasteiger partial charge in [-0.1, -0.05) is 18.2 Å². The van der Waals surface area contributed by atoms with Gasteiger partial charge in [-0.2, -0.15) is 0 Å². The number of ether oxygens (including phenoxy) is 1. The van der Waals surface area contributed by atoms with E-state index >= 15 is 0 Å². The number of nitrogens with one attached hydrogen (secondary N) is 2. The van der Waals surface area contributed by atoms with Crippen molar-refractivity contribution in [3.63, 3.8) is 0 Å². The average Bonchev–Trinajstić information content (AvgIpc) is 3.09. The molecule has 0 spiro atoms. The second kappa shape index (κ2) is 12.4. The van der Waals surface area contributed by atoms with Gasteiger partial charge in [0.1, 0.15) is 0 Å². The first-order valence-corrected chi connectivity index (χ1v) is 10.5. The van der Waals surface area contributed by atoms with Gasteiger partial charge in [0.15, 0.2) is 5.96 Å². The van der Waals surface area contributed by atoms with Crippen LogP contribution < -0.4 is 10.6 Å². The lowest BCUT2D eigenvalue weighted by Gasteiger charge is -2.35. The number of halogens is 1. The Kier molecular flexibility index (Phi) is 10.2. The fraction of sp³-hybridized carbons (Fsp3) is 0.591. The Morgan fingerprint density at radius 1 is 1.03 bits per heavy atom. The number of para-hydroxylation sites is 1. The van der Waals surface area contributed by atoms with Crippen LogP contribution in [0, 0.1) is 0 Å². The van der Waals surface area contributed by atoms with Crippen LogP contribution in [-0.4, -0.2) is 67.4 Å². The normalized spacial score (nSPS) is 20.4. The Bertz CT molecular complexity index is 752. The second-order valence-electron chi connectivity index (χ2n) is 7.72. The highest BCUT2D eigenvalue weighted by Crippen LogP contribution is 2.15. The van der Waals surface area contributed by atoms with Gasteiger partial charge in [-0.15, -0.1) is 24.0 Å². The van der Waals surface area contributed by atoms with Crippen LogP contribution in [0.4, 0.5) is 0 Å². The first kappa shape index (κ1) is 24.0. The van der Waals surface area contributed by atoms with E-state index in [4.69, 9.17) is 4.74 Å². The zero-order valence-electron chi connectivity index (χ0n) is 17.9. The van der Waals surface area contributed by atoms with Crippen LogP contribution in [0.3, 0.4) is 0 Å². The number of aromatic nitrogens is 1. The number of rotatable bonds is 8. The lowest BCUT2D eigenvalue weighted by atomic mass is 10.2. The van der Waals surface area contributed by atoms with E-state index in [2.05, 4.69) is 75.5 Å². The van der Waals surface area contributed by atoms with Gasteiger partial charge in [0.05, 0.1) is 12.2 Å². The molecule has 2 atom stereocenters. The van der Waals surface area contributed by atoms with E-state index in [1.165, 1.54) is 10.9 Å². The van der Waals surface area contributed by atoms with Crippen LogP contribution in [0.15, 0.2) is 41.5 Å². The number of hydrogen-bond donors (Lipinski definition) is 2. The first-order chi connectivity index (χ1) is 13.7. The predicted octanol–water partition coefficient (Wildman–Crippen LogP) is 3.31. The summed E-state index contributed by atoms with van der Waals surface area (Å²) in [6.45, 7) is 10.3. The van der Waals surface area contributed by atoms with E-state index in [9.17, 15) is 0 Å². The quantitative estimate of drug-likeness (QED) is 0.246. The maximum atomic E-state index is 5.80. The number of aliphatic imine (C=N–C) groups is 1. The van der Waals surface area contributed by atoms with E-state index < -0.39 is 0 Å². The highest BCUT2D eigenvalue weighted by molar-refractivity contribution is 14.0. The summed E-state index contributed by atoms with van der Waals surface area (Å²) in [6, 6.07) is 10.7. The SMILES string of the molecule is CN=C(NCCCN1CC(C)OC(C)C1)NCCCn1ccc2ccccc21.I. The van der Waals surface area contributed by atoms with Crippen molar-refractivity contribution in [2.45, 2.75) is 45.4 Å². The Morgan fingerprint density at radius 2 is 1.69 bits per heavy atom. The molecule has 0 saturated carbocycles. The smallest absolute Gasteiger partial charge is 0.190 e. The van der Waals surface area contributed by atoms with Gasteiger partial charge >= 0.3 is 0 Å². The molecule has 0 amide bonds. The van der Waals surface area contributed by atoms with Crippen molar-refractivity contribution in [1.82, 2.24) is 20.1 Å². The molecule has 1 fully saturated rings. The third-order valence-electron chi connectivity index (χ3n) is 5.21. The first-order valence-electron chi connectivity index (χ1n) is 10.5. The summed E-state index contributed by atoms with van der Waals surface area (Å²) in [6.07, 6.45) is 5.01. The average molecular weight is 513 g/mol. The van der Waals surface area contributed by atoms with Gasteiger partial charge in [-0.05, 0) is 44.2 Å². The molecule has 2 N–H and O–H groups in total. The zero-order valence-corrected chi connectivity index (χ0v) is 20.3. The van der Waals surface area contributed by atoms with Gasteiger partial charge in [0.2, 0.25) is 0 Å². The number of guanidine groups is 1. The summed E-state index contributed by atoms with van der Waals surface area (Å²) in [7, 11) is 1.83. The molecule has 1 aliphatic rings. The minimum Gasteiger partial charge on any atom is -0.373 e. The molecule has 0 radical (unpaired) electrons. The number of nitrogens with zero attached hydrogens (tertiary/aromatic N) is 3. The summed E-state index contributed by atoms with van der Waals surface area (Å²) in [5.74, 6) is 0.890. The summed E-state index contributed by atoms with van der Waals surface area (Å²) < 4.78 is 8.11. The van der Waals surface area contributed by atoms with Crippen molar-refractivity contribution in [2.75, 3.05) is 39.8 Å². The Balaban J connectivity index is 0.00000300. The molecule has 6 nitrogen and oxygen atoms in total. The molecule has 2 heterocycles. The van der Waals surface area contributed by atoms with E-state index in [1.807, 2.05) is 7.05 Å². The summed E-state index contributed by atoms with van der Waals surface area (Å²) >= 11 is 0. The van der Waals surface area contributed by atoms with Crippen molar-refractivity contribution >= 4 is 40.8 Å². The number of aryl methyl sites for hydroxylation is 1. The monoisotopic (exact) mass is 513 g/mol. The number of fused-ring (bicyclic) bond motifs is 1. The summed E-state index contributed by atoms with van der Waals surface area (Å²) in [5, 5.41) is 8.16. The number of morpholine rings is 1. The molecule has 7 heteroatoms. The lowest BCUT2D eigenvalue weighted by molar-refractivity contribution is -0.0679. The Hall–Kier alpha value is -1.32. The molecule has 1 aromatic carbocycles. The maximum Gasteiger partial charge on any atom is 0.190 e. The van der Waals surface area contributed by atoms with E-state index in [0.29, 0.717) is 12.2 Å². The third kappa shape index (κ3) is 7.46. The van der Waals surface area contributed by atoms with Crippen molar-refractivity contribution in [2.24, 2.45) is 4.99 Å². The Morgan fingerprint density at radius 3 is 2.38 bits per heavy atom. The largest absolute Gasteiger partial charge is 0.373 e. The maximum absolute atomic E-state index is 5.80. The van der Waals surface area contributed by atoms with Crippen LogP contribution in [0.5, 0.6) is 0 Å². The molecule has 162 valence electrons. The molecule has 1 aliphatic heterocycles. The van der Waals surface area contributed by atoms with E-state index in [1.54, 1.807) is 0 Å². The van der Waals surface area contributed by atoms with Gasteiger partial charge in [-0.3, -0.25) is 9.89 Å². The van der Waals surface area contributed by atoms with Gasteiger partial charge in [0, 0.05) is 58.0 Å². The van der Waals surface area contributed by atoms with Crippen LogP contribution >= 0.6 is 24.0 Å². The van der Waals surface area contributed by atoms with E-state index in [0.717, 1.165) is 58.1 Å². The van der Waals surface area contributed by atoms with Gasteiger partial charge < -0.3 is 19.9 Å². The second-order valence-corrected chi connectivity index (χ2v) is 7.72. The molecule has 0 bridgehead atoms. The molecule has 2 aromatic rings. The molecular formula is C22H36IN5O. The van der Waals surface area contributed by atoms with E-state index in [-0.39, 0.29) is 24.0 Å². The minimum absolute atomic E-state index is 0. The van der Waals surface area contributed by atoms with Gasteiger partial charge in [-0.25, -0.2) is 0 Å². The van der Waals surface area contributed by atoms with Crippen molar-refractivity contribution < 1.29 is 4.74 Å². The van der Waals surface area contributed by atoms with Crippen molar-refractivity contribution in [3.05, 3.63) is 36.5 Å². The minimum atomic E-state index is 0. The molecule has 2 unspecified atom stereocenters. The van der Waals surface area contributed by atoms with Gasteiger partial charge in [0.25, 0.3) is 0 Å². The van der Waals surface area contributed by atoms with Crippen LogP contribution in [0.25, 0.3) is 10.9 Å². The standard InChI is InChI=1S/C22H35N5O.HI/c1-18-16-26(17-19(2)28-18)13-6-11-24-22(23-3)25-12-7-14-27-15-10-20-8-4-5-9-21(20)27;/h4-5,8-10,15,18-19H,6-7,11-14,16-17H2,1-3H3,(H2,23,24,25);1H. The van der Waals surface area contributed by atoms with Crippen LogP contribution in [0.2, 0.25) is 0 Å². The lowest BCUT2D eigenvalue weighted by Crippen LogP contribution is -2.46. The molecule has 1 saturated heterocycles. The highest BCUT2D eigenvalue weighted by Gasteiger charge is 2.21. The van der Waals surface area contributed by atoms with Crippen LogP contribution in [-0.2, 0) is 11.3 Å². The predicted molar refractivity (Wildman–Crippen MR) is 132 cm³/mol. The third-order valence-corrected chi connectivity index (χ3v) is 5.21. The fourth-order valence-corrected chi connectivity index (χ4v) is 3.99. The fourth-order valence-electron chi connectivity index (χ4n) is 3.99. The Labute approximate surface area is 192 Å². The molecule has 1 aromatic heterocycles. The molecular weight excluding hydrogens is 477 g/mol. The topological polar surface area (TPSA) is 53.8 Å². The molecule has 3 rings (SSSR count). The number of benzene rings is 1. The number of hydrogen-bond acceptors (Lipinski definition) is 3. The zero-order chi connectivity index (χ0) is 19.8. The van der Waals surface area contributed by atoms with Crippen molar-refractivity contribution in [1.29, 1.82) is 0 Å². The van der Waals surface area contributed by atoms with Crippen LogP contribution in [0.1, 0.15) is 26.7 Å². The van der Waals surface area contributed by atoms with Crippen molar-refractivity contribution in [3.8, 4) is 0 Å². The highest BCUT2D eigenvalue weighted by atomic mass is 127. The summed E-state index contributed by atoms with van der Waals surface area (Å²) in [4.78, 5) is 6.83. The summed E-state index contributed by atoms with van der Waals surface area (Å²) in [5.41, 5.74) is 1.30.